The normalized spacial score (nSPS) is 14.3. The van der Waals surface area contributed by atoms with Crippen molar-refractivity contribution in [2.24, 2.45) is 0 Å². The molecule has 0 aromatic heterocycles. The number of aryl methyl sites for hydroxylation is 1. The van der Waals surface area contributed by atoms with Crippen LogP contribution in [0.15, 0.2) is 18.2 Å². The summed E-state index contributed by atoms with van der Waals surface area (Å²) in [4.78, 5) is 4.82. The lowest BCUT2D eigenvalue weighted by Gasteiger charge is -2.23. The number of nitrogens with zero attached hydrogens (tertiary/aromatic N) is 2. The van der Waals surface area contributed by atoms with Gasteiger partial charge in [0.25, 0.3) is 0 Å². The third-order valence-corrected chi connectivity index (χ3v) is 3.33. The van der Waals surface area contributed by atoms with E-state index in [2.05, 4.69) is 35.9 Å². The molecule has 1 saturated heterocycles. The van der Waals surface area contributed by atoms with E-state index in [0.717, 1.165) is 24.7 Å². The fourth-order valence-electron chi connectivity index (χ4n) is 2.20. The van der Waals surface area contributed by atoms with E-state index in [9.17, 15) is 0 Å². The van der Waals surface area contributed by atoms with Gasteiger partial charge >= 0.3 is 0 Å². The maximum absolute atomic E-state index is 6.10. The Balaban J connectivity index is 0. The zero-order valence-electron chi connectivity index (χ0n) is 16.0. The van der Waals surface area contributed by atoms with Crippen molar-refractivity contribution in [3.63, 3.8) is 0 Å². The molecular weight excluding hydrogens is 292 g/mol. The van der Waals surface area contributed by atoms with E-state index in [-0.39, 0.29) is 0 Å². The molecule has 2 rings (SSSR count). The van der Waals surface area contributed by atoms with Crippen LogP contribution in [0.25, 0.3) is 0 Å². The van der Waals surface area contributed by atoms with Gasteiger partial charge in [0.15, 0.2) is 0 Å². The monoisotopic (exact) mass is 328 g/mol. The van der Waals surface area contributed by atoms with Gasteiger partial charge in [-0.15, -0.1) is 0 Å². The molecule has 130 valence electrons. The van der Waals surface area contributed by atoms with Gasteiger partial charge in [-0.2, -0.15) is 0 Å². The van der Waals surface area contributed by atoms with Gasteiger partial charge in [-0.3, -0.25) is 0 Å². The molecule has 1 aromatic rings. The third kappa shape index (κ3) is 9.32. The Morgan fingerprint density at radius 2 is 1.41 bits per heavy atom. The van der Waals surface area contributed by atoms with Crippen molar-refractivity contribution in [3.8, 4) is 0 Å². The van der Waals surface area contributed by atoms with E-state index < -0.39 is 0 Å². The average Bonchev–Trinajstić information content (AvgIpc) is 2.77. The minimum absolute atomic E-state index is 0.840. The molecule has 0 atom stereocenters. The van der Waals surface area contributed by atoms with Crippen LogP contribution in [0.5, 0.6) is 0 Å². The number of hydrogen-bond donors (Lipinski definition) is 0. The van der Waals surface area contributed by atoms with Gasteiger partial charge in [0.05, 0.1) is 0 Å². The van der Waals surface area contributed by atoms with Crippen molar-refractivity contribution in [3.05, 3.63) is 28.8 Å². The second-order valence-electron chi connectivity index (χ2n) is 4.63. The third-order valence-electron chi connectivity index (χ3n) is 3.11. The van der Waals surface area contributed by atoms with Crippen molar-refractivity contribution in [2.75, 3.05) is 38.1 Å². The highest BCUT2D eigenvalue weighted by atomic mass is 35.5. The molecule has 1 aromatic carbocycles. The topological polar surface area (TPSA) is 6.48 Å². The Bertz CT molecular complexity index is 346. The fraction of sp³-hybridized carbons (Fsp3) is 0.684. The molecule has 0 N–H and O–H groups in total. The van der Waals surface area contributed by atoms with Crippen LogP contribution in [-0.2, 0) is 0 Å². The molecule has 22 heavy (non-hydrogen) atoms. The summed E-state index contributed by atoms with van der Waals surface area (Å²) >= 11 is 6.10. The molecule has 0 unspecified atom stereocenters. The van der Waals surface area contributed by atoms with Gasteiger partial charge in [-0.05, 0) is 50.7 Å². The highest BCUT2D eigenvalue weighted by Crippen LogP contribution is 2.23. The van der Waals surface area contributed by atoms with Gasteiger partial charge in [0, 0.05) is 30.3 Å². The fourth-order valence-corrected chi connectivity index (χ4v) is 2.49. The summed E-state index contributed by atoms with van der Waals surface area (Å²) in [5.74, 6) is 0. The van der Waals surface area contributed by atoms with Crippen LogP contribution in [0, 0.1) is 6.92 Å². The summed E-state index contributed by atoms with van der Waals surface area (Å²) in [6, 6.07) is 6.30. The maximum atomic E-state index is 6.10. The standard InChI is InChI=1S/C13H19ClN2.3C2H6/c1-11-8-12(14)10-13(9-11)16-5-3-4-15(2)6-7-16;3*1-2/h8-10H,3-7H2,1-2H3;3*1-2H3. The molecule has 1 fully saturated rings. The summed E-state index contributed by atoms with van der Waals surface area (Å²) < 4.78 is 0. The molecule has 0 bridgehead atoms. The van der Waals surface area contributed by atoms with E-state index in [1.165, 1.54) is 24.2 Å². The lowest BCUT2D eigenvalue weighted by atomic mass is 10.2. The number of anilines is 1. The largest absolute Gasteiger partial charge is 0.370 e. The van der Waals surface area contributed by atoms with Gasteiger partial charge in [-0.25, -0.2) is 0 Å². The van der Waals surface area contributed by atoms with Crippen LogP contribution >= 0.6 is 11.6 Å². The predicted octanol–water partition coefficient (Wildman–Crippen LogP) is 5.87. The summed E-state index contributed by atoms with van der Waals surface area (Å²) in [5.41, 5.74) is 2.50. The Labute approximate surface area is 144 Å². The molecule has 2 nitrogen and oxygen atoms in total. The first-order chi connectivity index (χ1) is 10.6. The van der Waals surface area contributed by atoms with E-state index in [1.807, 2.05) is 47.6 Å². The lowest BCUT2D eigenvalue weighted by Crippen LogP contribution is -2.28. The van der Waals surface area contributed by atoms with Crippen molar-refractivity contribution in [1.82, 2.24) is 4.90 Å². The first-order valence-corrected chi connectivity index (χ1v) is 9.23. The van der Waals surface area contributed by atoms with Crippen molar-refractivity contribution >= 4 is 17.3 Å². The first-order valence-electron chi connectivity index (χ1n) is 8.86. The van der Waals surface area contributed by atoms with Crippen molar-refractivity contribution in [1.29, 1.82) is 0 Å². The molecule has 0 radical (unpaired) electrons. The molecule has 0 amide bonds. The van der Waals surface area contributed by atoms with Crippen LogP contribution in [-0.4, -0.2) is 38.1 Å². The number of likely N-dealkylation sites (N-methyl/N-ethyl adjacent to an activating group) is 1. The minimum Gasteiger partial charge on any atom is -0.370 e. The second-order valence-corrected chi connectivity index (χ2v) is 5.07. The molecule has 3 heteroatoms. The van der Waals surface area contributed by atoms with Gasteiger partial charge in [0.2, 0.25) is 0 Å². The Kier molecular flexibility index (Phi) is 16.2. The van der Waals surface area contributed by atoms with E-state index in [0.29, 0.717) is 0 Å². The molecule has 1 heterocycles. The molecular formula is C19H37ClN2. The SMILES string of the molecule is CC.CC.CC.Cc1cc(Cl)cc(N2CCCN(C)CC2)c1. The predicted molar refractivity (Wildman–Crippen MR) is 105 cm³/mol. The van der Waals surface area contributed by atoms with Crippen molar-refractivity contribution in [2.45, 2.75) is 54.9 Å². The van der Waals surface area contributed by atoms with Crippen LogP contribution < -0.4 is 4.90 Å². The average molecular weight is 329 g/mol. The van der Waals surface area contributed by atoms with Crippen molar-refractivity contribution < 1.29 is 0 Å². The van der Waals surface area contributed by atoms with Gasteiger partial charge < -0.3 is 9.80 Å². The number of benzene rings is 1. The quantitative estimate of drug-likeness (QED) is 0.636. The summed E-state index contributed by atoms with van der Waals surface area (Å²) in [6.45, 7) is 18.6. The first kappa shape index (κ1) is 23.5. The Morgan fingerprint density at radius 1 is 0.818 bits per heavy atom. The lowest BCUT2D eigenvalue weighted by molar-refractivity contribution is 0.360. The van der Waals surface area contributed by atoms with Crippen LogP contribution in [0.2, 0.25) is 5.02 Å². The molecule has 0 aliphatic carbocycles. The minimum atomic E-state index is 0.840. The number of rotatable bonds is 1. The summed E-state index contributed by atoms with van der Waals surface area (Å²) in [6.07, 6.45) is 1.22. The highest BCUT2D eigenvalue weighted by Gasteiger charge is 2.12. The highest BCUT2D eigenvalue weighted by molar-refractivity contribution is 6.30. The van der Waals surface area contributed by atoms with Crippen LogP contribution in [0.3, 0.4) is 0 Å². The molecule has 1 aliphatic heterocycles. The molecule has 0 spiro atoms. The smallest absolute Gasteiger partial charge is 0.0429 e. The van der Waals surface area contributed by atoms with Crippen LogP contribution in [0.4, 0.5) is 5.69 Å². The van der Waals surface area contributed by atoms with E-state index in [1.54, 1.807) is 0 Å². The molecule has 1 aliphatic rings. The van der Waals surface area contributed by atoms with Gasteiger partial charge in [-0.1, -0.05) is 53.1 Å². The Morgan fingerprint density at radius 3 is 1.95 bits per heavy atom. The summed E-state index contributed by atoms with van der Waals surface area (Å²) in [5, 5.41) is 0.840. The zero-order chi connectivity index (χ0) is 17.5. The Hall–Kier alpha value is -0.730. The second kappa shape index (κ2) is 15.2. The summed E-state index contributed by atoms with van der Waals surface area (Å²) in [7, 11) is 2.19. The number of hydrogen-bond acceptors (Lipinski definition) is 2. The number of halogens is 1. The van der Waals surface area contributed by atoms with Crippen LogP contribution in [0.1, 0.15) is 53.5 Å². The van der Waals surface area contributed by atoms with E-state index >= 15 is 0 Å². The van der Waals surface area contributed by atoms with E-state index in [4.69, 9.17) is 11.6 Å². The van der Waals surface area contributed by atoms with Gasteiger partial charge in [0.1, 0.15) is 0 Å². The maximum Gasteiger partial charge on any atom is 0.0429 e. The zero-order valence-corrected chi connectivity index (χ0v) is 16.8. The molecule has 0 saturated carbocycles.